The van der Waals surface area contributed by atoms with Crippen LogP contribution in [0, 0.1) is 11.8 Å². The van der Waals surface area contributed by atoms with E-state index in [1.807, 2.05) is 43.3 Å². The Kier molecular flexibility index (Phi) is 11.2. The fourth-order valence-electron chi connectivity index (χ4n) is 6.52. The zero-order valence-electron chi connectivity index (χ0n) is 27.9. The minimum Gasteiger partial charge on any atom is -0.508 e. The highest BCUT2D eigenvalue weighted by molar-refractivity contribution is 5.87. The summed E-state index contributed by atoms with van der Waals surface area (Å²) in [6.45, 7) is 2.54. The Morgan fingerprint density at radius 1 is 0.857 bits per heavy atom. The number of benzene rings is 4. The average molecular weight is 669 g/mol. The average Bonchev–Trinajstić information content (AvgIpc) is 3.10. The maximum atomic E-state index is 14.1. The Labute approximate surface area is 286 Å². The van der Waals surface area contributed by atoms with Crippen molar-refractivity contribution in [1.29, 1.82) is 0 Å². The van der Waals surface area contributed by atoms with Crippen LogP contribution in [-0.2, 0) is 17.6 Å². The van der Waals surface area contributed by atoms with Crippen LogP contribution >= 0.6 is 0 Å². The van der Waals surface area contributed by atoms with Gasteiger partial charge in [0.1, 0.15) is 17.4 Å². The third-order valence-corrected chi connectivity index (χ3v) is 9.10. The lowest BCUT2D eigenvalue weighted by atomic mass is 9.75. The lowest BCUT2D eigenvalue weighted by Gasteiger charge is -2.32. The number of allylic oxidation sites excluding steroid dienone is 2. The van der Waals surface area contributed by atoms with E-state index in [1.165, 1.54) is 20.3 Å². The van der Waals surface area contributed by atoms with Gasteiger partial charge in [0, 0.05) is 18.7 Å². The Balaban J connectivity index is 1.39. The predicted molar refractivity (Wildman–Crippen MR) is 189 cm³/mol. The molecule has 4 aromatic carbocycles. The maximum Gasteiger partial charge on any atom is 0.200 e. The number of hydrogen-bond donors (Lipinski definition) is 7. The number of fused-ring (bicyclic) bond motifs is 1. The first-order chi connectivity index (χ1) is 23.6. The molecule has 0 aromatic heterocycles. The molecule has 10 heteroatoms. The van der Waals surface area contributed by atoms with Gasteiger partial charge in [0.25, 0.3) is 0 Å². The molecule has 49 heavy (non-hydrogen) atoms. The summed E-state index contributed by atoms with van der Waals surface area (Å²) in [7, 11) is 2.87. The van der Waals surface area contributed by atoms with Crippen molar-refractivity contribution in [2.45, 2.75) is 45.1 Å². The minimum absolute atomic E-state index is 0.0276. The van der Waals surface area contributed by atoms with Gasteiger partial charge in [-0.3, -0.25) is 4.79 Å². The van der Waals surface area contributed by atoms with E-state index >= 15 is 0 Å². The first-order valence-corrected chi connectivity index (χ1v) is 16.4. The Bertz CT molecular complexity index is 1870. The Morgan fingerprint density at radius 3 is 2.35 bits per heavy atom. The number of anilines is 1. The van der Waals surface area contributed by atoms with Gasteiger partial charge in [-0.05, 0) is 114 Å². The summed E-state index contributed by atoms with van der Waals surface area (Å²) in [6.07, 6.45) is 4.81. The summed E-state index contributed by atoms with van der Waals surface area (Å²) in [5.74, 6) is -0.377. The van der Waals surface area contributed by atoms with Crippen molar-refractivity contribution < 1.29 is 39.8 Å². The fraction of sp³-hybridized carbons (Fsp3) is 0.308. The normalized spacial score (nSPS) is 14.6. The van der Waals surface area contributed by atoms with E-state index in [4.69, 9.17) is 9.47 Å². The maximum absolute atomic E-state index is 14.1. The number of aliphatic hydroxyl groups is 1. The smallest absolute Gasteiger partial charge is 0.200 e. The molecule has 7 N–H and O–H groups in total. The van der Waals surface area contributed by atoms with E-state index in [-0.39, 0.29) is 53.3 Å². The zero-order valence-corrected chi connectivity index (χ0v) is 27.9. The number of aryl methyl sites for hydroxylation is 2. The molecule has 1 aliphatic rings. The second-order valence-electron chi connectivity index (χ2n) is 12.3. The number of Topliss-reactive ketones (excluding diaryl/α,β-unsaturated/α-hetero) is 1. The standard InChI is InChI=1S/C39H44N2O8/c1-4-30(27-15-16-40-37(22-27)41-28-10-8-26-21-29(42)11-9-25(26)20-28)38(32(44)13-6-23-5-12-31(43)35(18-23)48-2)33(45)14-7-24-17-34(46)39(47)36(19-24)49-3/h5,8-12,15,17-22,30,32,38,40-44,46-47H,4,6-7,13-14,16H2,1-3H3/t30-,32+,38-/m0/s1. The lowest BCUT2D eigenvalue weighted by molar-refractivity contribution is -0.128. The number of rotatable bonds is 15. The number of ketones is 1. The van der Waals surface area contributed by atoms with Crippen LogP contribution in [0.4, 0.5) is 5.69 Å². The van der Waals surface area contributed by atoms with Crippen LogP contribution < -0.4 is 20.1 Å². The lowest BCUT2D eigenvalue weighted by Crippen LogP contribution is -2.37. The van der Waals surface area contributed by atoms with E-state index in [0.29, 0.717) is 37.1 Å². The highest BCUT2D eigenvalue weighted by atomic mass is 16.5. The number of carbonyl (C=O) groups is 1. The molecule has 5 rings (SSSR count). The molecule has 0 unspecified atom stereocenters. The highest BCUT2D eigenvalue weighted by Gasteiger charge is 2.35. The van der Waals surface area contributed by atoms with E-state index in [1.54, 1.807) is 36.4 Å². The molecule has 10 nitrogen and oxygen atoms in total. The van der Waals surface area contributed by atoms with Gasteiger partial charge >= 0.3 is 0 Å². The van der Waals surface area contributed by atoms with Gasteiger partial charge in [-0.25, -0.2) is 0 Å². The quantitative estimate of drug-likeness (QED) is 0.0717. The molecule has 258 valence electrons. The van der Waals surface area contributed by atoms with Crippen molar-refractivity contribution in [3.8, 4) is 34.5 Å². The molecule has 0 radical (unpaired) electrons. The first kappa shape index (κ1) is 35.0. The summed E-state index contributed by atoms with van der Waals surface area (Å²) in [5.41, 5.74) is 3.27. The van der Waals surface area contributed by atoms with Gasteiger partial charge in [-0.15, -0.1) is 0 Å². The summed E-state index contributed by atoms with van der Waals surface area (Å²) >= 11 is 0. The van der Waals surface area contributed by atoms with Crippen LogP contribution in [0.1, 0.15) is 37.3 Å². The fourth-order valence-corrected chi connectivity index (χ4v) is 6.52. The monoisotopic (exact) mass is 668 g/mol. The van der Waals surface area contributed by atoms with Gasteiger partial charge in [0.05, 0.1) is 26.2 Å². The van der Waals surface area contributed by atoms with Crippen molar-refractivity contribution in [1.82, 2.24) is 5.32 Å². The van der Waals surface area contributed by atoms with Gasteiger partial charge in [0.15, 0.2) is 23.0 Å². The summed E-state index contributed by atoms with van der Waals surface area (Å²) < 4.78 is 10.4. The minimum atomic E-state index is -0.975. The van der Waals surface area contributed by atoms with Gasteiger partial charge in [0.2, 0.25) is 5.75 Å². The van der Waals surface area contributed by atoms with E-state index in [9.17, 15) is 30.3 Å². The number of aliphatic hydroxyl groups excluding tert-OH is 1. The number of ether oxygens (including phenoxy) is 2. The summed E-state index contributed by atoms with van der Waals surface area (Å²) in [4.78, 5) is 14.1. The van der Waals surface area contributed by atoms with Crippen molar-refractivity contribution in [3.63, 3.8) is 0 Å². The molecule has 0 bridgehead atoms. The van der Waals surface area contributed by atoms with Crippen LogP contribution in [0.15, 0.2) is 90.3 Å². The van der Waals surface area contributed by atoms with Crippen LogP contribution in [-0.4, -0.2) is 58.2 Å². The second kappa shape index (κ2) is 15.7. The molecule has 0 amide bonds. The molecule has 4 aromatic rings. The Hall–Kier alpha value is -5.35. The predicted octanol–water partition coefficient (Wildman–Crippen LogP) is 6.30. The Morgan fingerprint density at radius 2 is 1.59 bits per heavy atom. The van der Waals surface area contributed by atoms with Crippen LogP contribution in [0.25, 0.3) is 10.8 Å². The SMILES string of the molecule is CC[C@@H](C1=CCNC(Nc2ccc3cc(O)ccc3c2)=C1)[C@H](C(=O)CCc1cc(O)c(O)c(OC)c1)[C@H](O)CCc1ccc(O)c(OC)c1. The number of dihydropyridines is 1. The molecule has 1 heterocycles. The molecule has 3 atom stereocenters. The molecule has 0 saturated carbocycles. The number of phenolic OH excluding ortho intramolecular Hbond substituents is 4. The molecule has 0 aliphatic carbocycles. The number of aromatic hydroxyl groups is 4. The van der Waals surface area contributed by atoms with E-state index in [0.717, 1.165) is 33.4 Å². The number of hydrogen-bond acceptors (Lipinski definition) is 10. The second-order valence-corrected chi connectivity index (χ2v) is 12.3. The zero-order chi connectivity index (χ0) is 35.1. The summed E-state index contributed by atoms with van der Waals surface area (Å²) in [5, 5.41) is 60.5. The molecule has 0 saturated heterocycles. The van der Waals surface area contributed by atoms with Crippen molar-refractivity contribution in [2.75, 3.05) is 26.1 Å². The van der Waals surface area contributed by atoms with Crippen LogP contribution in [0.3, 0.4) is 0 Å². The first-order valence-electron chi connectivity index (χ1n) is 16.4. The molecule has 0 fully saturated rings. The van der Waals surface area contributed by atoms with Crippen molar-refractivity contribution >= 4 is 22.2 Å². The third kappa shape index (κ3) is 8.39. The summed E-state index contributed by atoms with van der Waals surface area (Å²) in [6, 6.07) is 19.2. The van der Waals surface area contributed by atoms with Gasteiger partial charge in [-0.1, -0.05) is 31.2 Å². The third-order valence-electron chi connectivity index (χ3n) is 9.10. The largest absolute Gasteiger partial charge is 0.508 e. The topological polar surface area (TPSA) is 161 Å². The molecular formula is C39H44N2O8. The van der Waals surface area contributed by atoms with E-state index in [2.05, 4.69) is 10.6 Å². The molecule has 0 spiro atoms. The number of phenols is 4. The van der Waals surface area contributed by atoms with Crippen LogP contribution in [0.2, 0.25) is 0 Å². The number of carbonyl (C=O) groups excluding carboxylic acids is 1. The van der Waals surface area contributed by atoms with E-state index < -0.39 is 12.0 Å². The number of nitrogens with one attached hydrogen (secondary N) is 2. The molecular weight excluding hydrogens is 624 g/mol. The number of methoxy groups -OCH3 is 2. The van der Waals surface area contributed by atoms with Crippen molar-refractivity contribution in [3.05, 3.63) is 101 Å². The van der Waals surface area contributed by atoms with Crippen LogP contribution in [0.5, 0.6) is 34.5 Å². The molecule has 1 aliphatic heterocycles. The highest BCUT2D eigenvalue weighted by Crippen LogP contribution is 2.38. The van der Waals surface area contributed by atoms with Crippen molar-refractivity contribution in [2.24, 2.45) is 11.8 Å². The van der Waals surface area contributed by atoms with Gasteiger partial charge < -0.3 is 45.6 Å². The van der Waals surface area contributed by atoms with Gasteiger partial charge in [-0.2, -0.15) is 0 Å².